The number of hydrogen-bond acceptors (Lipinski definition) is 4. The molecule has 2 amide bonds. The molecule has 0 saturated heterocycles. The molecule has 0 spiro atoms. The smallest absolute Gasteiger partial charge is 0.227 e. The van der Waals surface area contributed by atoms with Crippen LogP contribution in [0, 0.1) is 5.92 Å². The summed E-state index contributed by atoms with van der Waals surface area (Å²) >= 11 is 1.33. The summed E-state index contributed by atoms with van der Waals surface area (Å²) in [5.41, 5.74) is 11.8. The Bertz CT molecular complexity index is 521. The van der Waals surface area contributed by atoms with Crippen LogP contribution in [0.5, 0.6) is 0 Å². The Morgan fingerprint density at radius 1 is 1.29 bits per heavy atom. The molecule has 5 N–H and O–H groups in total. The Labute approximate surface area is 128 Å². The SMILES string of the molecule is NC(=O)CSc1ccccc1NC(=O)C1CCCC(N)C1. The van der Waals surface area contributed by atoms with Gasteiger partial charge in [-0.1, -0.05) is 18.6 Å². The van der Waals surface area contributed by atoms with Crippen LogP contribution in [0.1, 0.15) is 25.7 Å². The van der Waals surface area contributed by atoms with Gasteiger partial charge in [-0.3, -0.25) is 9.59 Å². The average Bonchev–Trinajstić information content (AvgIpc) is 2.46. The maximum atomic E-state index is 12.3. The molecule has 0 radical (unpaired) electrons. The second-order valence-corrected chi connectivity index (χ2v) is 6.38. The Balaban J connectivity index is 2.01. The third kappa shape index (κ3) is 4.75. The van der Waals surface area contributed by atoms with Crippen LogP contribution in [0.15, 0.2) is 29.2 Å². The molecule has 1 saturated carbocycles. The molecule has 5 nitrogen and oxygen atoms in total. The van der Waals surface area contributed by atoms with Crippen LogP contribution in [-0.4, -0.2) is 23.6 Å². The largest absolute Gasteiger partial charge is 0.369 e. The van der Waals surface area contributed by atoms with Gasteiger partial charge in [0, 0.05) is 16.9 Å². The minimum atomic E-state index is -0.376. The molecule has 2 unspecified atom stereocenters. The lowest BCUT2D eigenvalue weighted by molar-refractivity contribution is -0.121. The van der Waals surface area contributed by atoms with Crippen molar-refractivity contribution >= 4 is 29.3 Å². The molecule has 1 aliphatic rings. The van der Waals surface area contributed by atoms with Crippen molar-refractivity contribution in [2.24, 2.45) is 17.4 Å². The van der Waals surface area contributed by atoms with Crippen LogP contribution in [-0.2, 0) is 9.59 Å². The predicted molar refractivity (Wildman–Crippen MR) is 84.9 cm³/mol. The van der Waals surface area contributed by atoms with Crippen LogP contribution < -0.4 is 16.8 Å². The number of para-hydroxylation sites is 1. The number of benzene rings is 1. The van der Waals surface area contributed by atoms with Crippen molar-refractivity contribution < 1.29 is 9.59 Å². The van der Waals surface area contributed by atoms with E-state index < -0.39 is 0 Å². The van der Waals surface area contributed by atoms with E-state index in [4.69, 9.17) is 11.5 Å². The molecule has 0 heterocycles. The van der Waals surface area contributed by atoms with E-state index in [1.165, 1.54) is 11.8 Å². The molecule has 1 fully saturated rings. The molecule has 21 heavy (non-hydrogen) atoms. The summed E-state index contributed by atoms with van der Waals surface area (Å²) in [7, 11) is 0. The van der Waals surface area contributed by atoms with Crippen molar-refractivity contribution in [2.75, 3.05) is 11.1 Å². The van der Waals surface area contributed by atoms with Crippen molar-refractivity contribution in [3.05, 3.63) is 24.3 Å². The van der Waals surface area contributed by atoms with Gasteiger partial charge in [-0.2, -0.15) is 0 Å². The molecule has 0 aliphatic heterocycles. The number of primary amides is 1. The number of hydrogen-bond donors (Lipinski definition) is 3. The third-order valence-corrected chi connectivity index (χ3v) is 4.70. The standard InChI is InChI=1S/C15H21N3O2S/c16-11-5-3-4-10(8-11)15(20)18-12-6-1-2-7-13(12)21-9-14(17)19/h1-2,6-7,10-11H,3-5,8-9,16H2,(H2,17,19)(H,18,20). The molecule has 1 aliphatic carbocycles. The fourth-order valence-corrected chi connectivity index (χ4v) is 3.29. The van der Waals surface area contributed by atoms with E-state index in [-0.39, 0.29) is 29.5 Å². The molecule has 114 valence electrons. The van der Waals surface area contributed by atoms with Gasteiger partial charge in [0.2, 0.25) is 11.8 Å². The normalized spacial score (nSPS) is 21.8. The van der Waals surface area contributed by atoms with E-state index in [0.29, 0.717) is 0 Å². The van der Waals surface area contributed by atoms with Crippen molar-refractivity contribution in [2.45, 2.75) is 36.6 Å². The maximum Gasteiger partial charge on any atom is 0.227 e. The number of nitrogens with two attached hydrogens (primary N) is 2. The van der Waals surface area contributed by atoms with E-state index in [1.807, 2.05) is 24.3 Å². The summed E-state index contributed by atoms with van der Waals surface area (Å²) in [4.78, 5) is 24.1. The van der Waals surface area contributed by atoms with Crippen molar-refractivity contribution in [1.29, 1.82) is 0 Å². The molecule has 2 atom stereocenters. The van der Waals surface area contributed by atoms with Gasteiger partial charge in [-0.15, -0.1) is 11.8 Å². The zero-order valence-corrected chi connectivity index (χ0v) is 12.7. The topological polar surface area (TPSA) is 98.2 Å². The lowest BCUT2D eigenvalue weighted by Crippen LogP contribution is -2.34. The second kappa shape index (κ2) is 7.47. The average molecular weight is 307 g/mol. The highest BCUT2D eigenvalue weighted by Crippen LogP contribution is 2.29. The lowest BCUT2D eigenvalue weighted by Gasteiger charge is -2.26. The van der Waals surface area contributed by atoms with Gasteiger partial charge in [0.15, 0.2) is 0 Å². The summed E-state index contributed by atoms with van der Waals surface area (Å²) < 4.78 is 0. The number of nitrogens with one attached hydrogen (secondary N) is 1. The van der Waals surface area contributed by atoms with Gasteiger partial charge in [0.25, 0.3) is 0 Å². The number of carbonyl (C=O) groups excluding carboxylic acids is 2. The molecular formula is C15H21N3O2S. The fraction of sp³-hybridized carbons (Fsp3) is 0.467. The quantitative estimate of drug-likeness (QED) is 0.721. The first-order valence-electron chi connectivity index (χ1n) is 7.13. The van der Waals surface area contributed by atoms with Gasteiger partial charge in [-0.05, 0) is 31.4 Å². The highest BCUT2D eigenvalue weighted by molar-refractivity contribution is 8.00. The maximum absolute atomic E-state index is 12.3. The molecule has 1 aromatic rings. The van der Waals surface area contributed by atoms with Gasteiger partial charge in [-0.25, -0.2) is 0 Å². The highest BCUT2D eigenvalue weighted by Gasteiger charge is 2.25. The van der Waals surface area contributed by atoms with Crippen LogP contribution >= 0.6 is 11.8 Å². The van der Waals surface area contributed by atoms with Crippen LogP contribution in [0.3, 0.4) is 0 Å². The number of anilines is 1. The molecule has 1 aromatic carbocycles. The predicted octanol–water partition coefficient (Wildman–Crippen LogP) is 1.72. The van der Waals surface area contributed by atoms with Gasteiger partial charge in [0.05, 0.1) is 11.4 Å². The Morgan fingerprint density at radius 2 is 2.05 bits per heavy atom. The van der Waals surface area contributed by atoms with Crippen LogP contribution in [0.25, 0.3) is 0 Å². The van der Waals surface area contributed by atoms with E-state index >= 15 is 0 Å². The van der Waals surface area contributed by atoms with Crippen molar-refractivity contribution in [1.82, 2.24) is 0 Å². The van der Waals surface area contributed by atoms with Gasteiger partial charge in [0.1, 0.15) is 0 Å². The number of thioether (sulfide) groups is 1. The lowest BCUT2D eigenvalue weighted by atomic mass is 9.85. The number of rotatable bonds is 5. The summed E-state index contributed by atoms with van der Waals surface area (Å²) in [6, 6.07) is 7.56. The molecule has 0 bridgehead atoms. The molecule has 2 rings (SSSR count). The first kappa shape index (κ1) is 15.9. The summed E-state index contributed by atoms with van der Waals surface area (Å²) in [5.74, 6) is -0.194. The van der Waals surface area contributed by atoms with Gasteiger partial charge < -0.3 is 16.8 Å². The zero-order chi connectivity index (χ0) is 15.2. The van der Waals surface area contributed by atoms with Crippen molar-refractivity contribution in [3.63, 3.8) is 0 Å². The molecule has 0 aromatic heterocycles. The highest BCUT2D eigenvalue weighted by atomic mass is 32.2. The minimum Gasteiger partial charge on any atom is -0.369 e. The summed E-state index contributed by atoms with van der Waals surface area (Å²) in [6.45, 7) is 0. The van der Waals surface area contributed by atoms with Crippen molar-refractivity contribution in [3.8, 4) is 0 Å². The van der Waals surface area contributed by atoms with Gasteiger partial charge >= 0.3 is 0 Å². The van der Waals surface area contributed by atoms with Crippen LogP contribution in [0.2, 0.25) is 0 Å². The van der Waals surface area contributed by atoms with Crippen LogP contribution in [0.4, 0.5) is 5.69 Å². The van der Waals surface area contributed by atoms with E-state index in [2.05, 4.69) is 5.32 Å². The Kier molecular flexibility index (Phi) is 5.64. The monoisotopic (exact) mass is 307 g/mol. The van der Waals surface area contributed by atoms with E-state index in [9.17, 15) is 9.59 Å². The first-order valence-corrected chi connectivity index (χ1v) is 8.11. The summed E-state index contributed by atoms with van der Waals surface area (Å²) in [6.07, 6.45) is 3.62. The second-order valence-electron chi connectivity index (χ2n) is 5.36. The number of amides is 2. The van der Waals surface area contributed by atoms with E-state index in [0.717, 1.165) is 36.3 Å². The third-order valence-electron chi connectivity index (χ3n) is 3.60. The Morgan fingerprint density at radius 3 is 2.76 bits per heavy atom. The molecule has 6 heteroatoms. The van der Waals surface area contributed by atoms with E-state index in [1.54, 1.807) is 0 Å². The zero-order valence-electron chi connectivity index (χ0n) is 11.9. The minimum absolute atomic E-state index is 0.0114. The Hall–Kier alpha value is -1.53. The first-order chi connectivity index (χ1) is 10.1. The molecular weight excluding hydrogens is 286 g/mol. The summed E-state index contributed by atoms with van der Waals surface area (Å²) in [5, 5.41) is 2.96. The fourth-order valence-electron chi connectivity index (χ4n) is 2.55. The number of carbonyl (C=O) groups is 2.